The summed E-state index contributed by atoms with van der Waals surface area (Å²) in [5.74, 6) is -0.824. The first-order valence-corrected chi connectivity index (χ1v) is 11.5. The zero-order chi connectivity index (χ0) is 24.5. The summed E-state index contributed by atoms with van der Waals surface area (Å²) >= 11 is 1.16. The lowest BCUT2D eigenvalue weighted by Gasteiger charge is -2.33. The highest BCUT2D eigenvalue weighted by Gasteiger charge is 2.47. The van der Waals surface area contributed by atoms with Gasteiger partial charge in [-0.05, 0) is 56.2 Å². The van der Waals surface area contributed by atoms with E-state index < -0.39 is 23.4 Å². The molecule has 4 rings (SSSR count). The van der Waals surface area contributed by atoms with Gasteiger partial charge in [-0.25, -0.2) is 4.79 Å². The average molecular weight is 481 g/mol. The SMILES string of the molecule is CCOC(=O)c1c(-c2ccc(OC)cc2)csc1NC(=O)C1(C)Oc2ccc(C)cc2NC1=O. The zero-order valence-electron chi connectivity index (χ0n) is 19.2. The molecule has 2 amide bonds. The lowest BCUT2D eigenvalue weighted by atomic mass is 10.0. The predicted octanol–water partition coefficient (Wildman–Crippen LogP) is 4.64. The van der Waals surface area contributed by atoms with Crippen LogP contribution in [0.25, 0.3) is 11.1 Å². The molecule has 1 atom stereocenters. The van der Waals surface area contributed by atoms with Crippen LogP contribution in [0.5, 0.6) is 11.5 Å². The summed E-state index contributed by atoms with van der Waals surface area (Å²) in [5.41, 5.74) is 1.17. The van der Waals surface area contributed by atoms with E-state index in [9.17, 15) is 14.4 Å². The van der Waals surface area contributed by atoms with Gasteiger partial charge in [0.05, 0.1) is 19.4 Å². The maximum atomic E-state index is 13.3. The third-order valence-corrected chi connectivity index (χ3v) is 6.36. The van der Waals surface area contributed by atoms with Crippen LogP contribution in [0, 0.1) is 6.92 Å². The van der Waals surface area contributed by atoms with Crippen LogP contribution < -0.4 is 20.1 Å². The highest BCUT2D eigenvalue weighted by Crippen LogP contribution is 2.39. The number of anilines is 2. The van der Waals surface area contributed by atoms with Crippen molar-refractivity contribution in [2.45, 2.75) is 26.4 Å². The van der Waals surface area contributed by atoms with E-state index >= 15 is 0 Å². The second kappa shape index (κ2) is 9.18. The topological polar surface area (TPSA) is 103 Å². The Hall–Kier alpha value is -3.85. The summed E-state index contributed by atoms with van der Waals surface area (Å²) in [6.45, 7) is 5.16. The summed E-state index contributed by atoms with van der Waals surface area (Å²) in [6, 6.07) is 12.5. The predicted molar refractivity (Wildman–Crippen MR) is 130 cm³/mol. The number of nitrogens with one attached hydrogen (secondary N) is 2. The number of carbonyl (C=O) groups is 3. The molecule has 1 unspecified atom stereocenters. The average Bonchev–Trinajstić information content (AvgIpc) is 3.24. The fraction of sp³-hybridized carbons (Fsp3) is 0.240. The maximum absolute atomic E-state index is 13.3. The molecule has 0 bridgehead atoms. The van der Waals surface area contributed by atoms with Gasteiger partial charge in [0.25, 0.3) is 17.4 Å². The van der Waals surface area contributed by atoms with E-state index in [0.717, 1.165) is 22.5 Å². The molecule has 2 heterocycles. The van der Waals surface area contributed by atoms with Crippen LogP contribution in [0.3, 0.4) is 0 Å². The Bertz CT molecular complexity index is 1270. The fourth-order valence-corrected chi connectivity index (χ4v) is 4.50. The number of benzene rings is 2. The highest BCUT2D eigenvalue weighted by molar-refractivity contribution is 7.15. The van der Waals surface area contributed by atoms with Crippen LogP contribution in [0.2, 0.25) is 0 Å². The van der Waals surface area contributed by atoms with Gasteiger partial charge in [0.15, 0.2) is 0 Å². The number of amides is 2. The molecule has 0 radical (unpaired) electrons. The molecule has 1 aromatic heterocycles. The Kier molecular flexibility index (Phi) is 6.30. The lowest BCUT2D eigenvalue weighted by molar-refractivity contribution is -0.143. The van der Waals surface area contributed by atoms with Gasteiger partial charge in [0, 0.05) is 10.9 Å². The number of methoxy groups -OCH3 is 1. The van der Waals surface area contributed by atoms with Crippen molar-refractivity contribution in [3.8, 4) is 22.6 Å². The van der Waals surface area contributed by atoms with Gasteiger partial charge in [-0.2, -0.15) is 0 Å². The molecule has 2 N–H and O–H groups in total. The third kappa shape index (κ3) is 4.22. The molecule has 2 aromatic carbocycles. The summed E-state index contributed by atoms with van der Waals surface area (Å²) in [4.78, 5) is 39.0. The highest BCUT2D eigenvalue weighted by atomic mass is 32.1. The van der Waals surface area contributed by atoms with Crippen molar-refractivity contribution in [1.82, 2.24) is 0 Å². The first kappa shape index (κ1) is 23.3. The number of aryl methyl sites for hydroxylation is 1. The van der Waals surface area contributed by atoms with Gasteiger partial charge >= 0.3 is 5.97 Å². The molecule has 8 nitrogen and oxygen atoms in total. The Morgan fingerprint density at radius 2 is 1.91 bits per heavy atom. The quantitative estimate of drug-likeness (QED) is 0.394. The van der Waals surface area contributed by atoms with Crippen molar-refractivity contribution in [3.63, 3.8) is 0 Å². The number of carbonyl (C=O) groups excluding carboxylic acids is 3. The minimum atomic E-state index is -1.83. The van der Waals surface area contributed by atoms with Gasteiger partial charge in [0.2, 0.25) is 0 Å². The molecule has 34 heavy (non-hydrogen) atoms. The van der Waals surface area contributed by atoms with Crippen molar-refractivity contribution >= 4 is 39.8 Å². The fourth-order valence-electron chi connectivity index (χ4n) is 3.55. The van der Waals surface area contributed by atoms with E-state index in [-0.39, 0.29) is 17.2 Å². The Labute approximate surface area is 200 Å². The van der Waals surface area contributed by atoms with E-state index in [4.69, 9.17) is 14.2 Å². The van der Waals surface area contributed by atoms with E-state index in [1.807, 2.05) is 25.1 Å². The lowest BCUT2D eigenvalue weighted by Crippen LogP contribution is -2.56. The van der Waals surface area contributed by atoms with Gasteiger partial charge in [-0.3, -0.25) is 9.59 Å². The normalized spacial score (nSPS) is 16.6. The van der Waals surface area contributed by atoms with Crippen LogP contribution in [0.15, 0.2) is 47.8 Å². The van der Waals surface area contributed by atoms with E-state index in [1.54, 1.807) is 43.7 Å². The molecule has 3 aromatic rings. The largest absolute Gasteiger partial charge is 0.497 e. The van der Waals surface area contributed by atoms with Gasteiger partial charge in [0.1, 0.15) is 22.1 Å². The first-order valence-electron chi connectivity index (χ1n) is 10.6. The van der Waals surface area contributed by atoms with Crippen molar-refractivity contribution in [2.75, 3.05) is 24.4 Å². The summed E-state index contributed by atoms with van der Waals surface area (Å²) < 4.78 is 16.3. The molecular weight excluding hydrogens is 456 g/mol. The summed E-state index contributed by atoms with van der Waals surface area (Å²) in [5, 5.41) is 7.47. The van der Waals surface area contributed by atoms with Crippen molar-refractivity contribution in [3.05, 3.63) is 59.0 Å². The number of fused-ring (bicyclic) bond motifs is 1. The Morgan fingerprint density at radius 3 is 2.59 bits per heavy atom. The minimum absolute atomic E-state index is 0.170. The van der Waals surface area contributed by atoms with Gasteiger partial charge < -0.3 is 24.8 Å². The smallest absolute Gasteiger partial charge is 0.341 e. The monoisotopic (exact) mass is 480 g/mol. The van der Waals surface area contributed by atoms with Crippen LogP contribution >= 0.6 is 11.3 Å². The van der Waals surface area contributed by atoms with E-state index in [1.165, 1.54) is 6.92 Å². The molecule has 0 fully saturated rings. The second-order valence-corrected chi connectivity index (χ2v) is 8.73. The molecule has 0 saturated heterocycles. The Balaban J connectivity index is 1.67. The van der Waals surface area contributed by atoms with Gasteiger partial charge in [-0.15, -0.1) is 11.3 Å². The molecular formula is C25H24N2O6S. The molecule has 0 aliphatic carbocycles. The van der Waals surface area contributed by atoms with Crippen LogP contribution in [-0.2, 0) is 14.3 Å². The van der Waals surface area contributed by atoms with Crippen molar-refractivity contribution in [2.24, 2.45) is 0 Å². The standard InChI is InChI=1S/C25H24N2O6S/c1-5-32-22(28)20-17(15-7-9-16(31-4)10-8-15)13-34-21(20)27-24(30)25(3)23(29)26-18-12-14(2)6-11-19(18)33-25/h6-13H,5H2,1-4H3,(H,26,29)(H,27,30). The number of rotatable bonds is 6. The number of ether oxygens (including phenoxy) is 3. The molecule has 1 aliphatic heterocycles. The summed E-state index contributed by atoms with van der Waals surface area (Å²) in [6.07, 6.45) is 0. The first-order chi connectivity index (χ1) is 16.3. The minimum Gasteiger partial charge on any atom is -0.497 e. The van der Waals surface area contributed by atoms with E-state index in [0.29, 0.717) is 22.7 Å². The molecule has 176 valence electrons. The number of hydrogen-bond donors (Lipinski definition) is 2. The van der Waals surface area contributed by atoms with Crippen molar-refractivity contribution < 1.29 is 28.6 Å². The molecule has 0 spiro atoms. The number of thiophene rings is 1. The maximum Gasteiger partial charge on any atom is 0.341 e. The zero-order valence-corrected chi connectivity index (χ0v) is 20.0. The van der Waals surface area contributed by atoms with E-state index in [2.05, 4.69) is 10.6 Å². The third-order valence-electron chi connectivity index (χ3n) is 5.46. The van der Waals surface area contributed by atoms with Crippen LogP contribution in [0.1, 0.15) is 29.8 Å². The molecule has 9 heteroatoms. The number of esters is 1. The van der Waals surface area contributed by atoms with Gasteiger partial charge in [-0.1, -0.05) is 18.2 Å². The number of hydrogen-bond acceptors (Lipinski definition) is 7. The van der Waals surface area contributed by atoms with Crippen LogP contribution in [-0.4, -0.2) is 37.1 Å². The molecule has 0 saturated carbocycles. The Morgan fingerprint density at radius 1 is 1.18 bits per heavy atom. The molecule has 1 aliphatic rings. The summed E-state index contributed by atoms with van der Waals surface area (Å²) in [7, 11) is 1.57. The van der Waals surface area contributed by atoms with Crippen LogP contribution in [0.4, 0.5) is 10.7 Å². The second-order valence-electron chi connectivity index (χ2n) is 7.85. The van der Waals surface area contributed by atoms with Crippen molar-refractivity contribution in [1.29, 1.82) is 0 Å².